The summed E-state index contributed by atoms with van der Waals surface area (Å²) in [5.74, 6) is 2.16. The van der Waals surface area contributed by atoms with Crippen LogP contribution in [0.3, 0.4) is 0 Å². The summed E-state index contributed by atoms with van der Waals surface area (Å²) < 4.78 is 5.84. The smallest absolute Gasteiger partial charge is 0.120 e. The van der Waals surface area contributed by atoms with Gasteiger partial charge in [-0.25, -0.2) is 0 Å². The van der Waals surface area contributed by atoms with Crippen LogP contribution in [-0.4, -0.2) is 25.0 Å². The standard InChI is InChI=1S/C13H22N2O/c1-10-7-12(16-13(10)8-14-2)9-15(3)11-5-4-6-11/h7,11,14H,4-6,8-9H2,1-3H3. The third kappa shape index (κ3) is 2.47. The molecule has 90 valence electrons. The SMILES string of the molecule is CNCc1oc(CN(C)C2CCC2)cc1C. The first-order chi connectivity index (χ1) is 7.70. The number of furan rings is 1. The lowest BCUT2D eigenvalue weighted by molar-refractivity contribution is 0.142. The van der Waals surface area contributed by atoms with Gasteiger partial charge in [-0.3, -0.25) is 4.90 Å². The van der Waals surface area contributed by atoms with Crippen LogP contribution in [0.5, 0.6) is 0 Å². The summed E-state index contributed by atoms with van der Waals surface area (Å²) in [6.07, 6.45) is 4.08. The van der Waals surface area contributed by atoms with Crippen LogP contribution in [0.1, 0.15) is 36.3 Å². The van der Waals surface area contributed by atoms with Crippen LogP contribution in [-0.2, 0) is 13.1 Å². The average Bonchev–Trinajstić information content (AvgIpc) is 2.44. The summed E-state index contributed by atoms with van der Waals surface area (Å²) in [6, 6.07) is 2.94. The Bertz CT molecular complexity index is 342. The van der Waals surface area contributed by atoms with Crippen molar-refractivity contribution in [3.8, 4) is 0 Å². The quantitative estimate of drug-likeness (QED) is 0.828. The van der Waals surface area contributed by atoms with Crippen molar-refractivity contribution >= 4 is 0 Å². The molecule has 0 atom stereocenters. The molecule has 1 aromatic heterocycles. The van der Waals surface area contributed by atoms with Crippen molar-refractivity contribution in [2.45, 2.75) is 45.3 Å². The highest BCUT2D eigenvalue weighted by Gasteiger charge is 2.22. The van der Waals surface area contributed by atoms with E-state index in [0.717, 1.165) is 30.7 Å². The molecule has 1 aliphatic rings. The predicted octanol–water partition coefficient (Wildman–Crippen LogP) is 2.29. The van der Waals surface area contributed by atoms with Crippen LogP contribution >= 0.6 is 0 Å². The average molecular weight is 222 g/mol. The van der Waals surface area contributed by atoms with E-state index in [4.69, 9.17) is 4.42 Å². The Morgan fingerprint density at radius 2 is 2.25 bits per heavy atom. The maximum Gasteiger partial charge on any atom is 0.120 e. The third-order valence-electron chi connectivity index (χ3n) is 3.51. The van der Waals surface area contributed by atoms with Gasteiger partial charge in [0.05, 0.1) is 13.1 Å². The van der Waals surface area contributed by atoms with Gasteiger partial charge in [-0.05, 0) is 45.5 Å². The van der Waals surface area contributed by atoms with Crippen molar-refractivity contribution in [1.29, 1.82) is 0 Å². The summed E-state index contributed by atoms with van der Waals surface area (Å²) >= 11 is 0. The molecule has 2 rings (SSSR count). The van der Waals surface area contributed by atoms with Gasteiger partial charge >= 0.3 is 0 Å². The summed E-state index contributed by atoms with van der Waals surface area (Å²) in [7, 11) is 4.14. The largest absolute Gasteiger partial charge is 0.463 e. The van der Waals surface area contributed by atoms with E-state index >= 15 is 0 Å². The van der Waals surface area contributed by atoms with Crippen molar-refractivity contribution in [2.75, 3.05) is 14.1 Å². The highest BCUT2D eigenvalue weighted by atomic mass is 16.3. The first kappa shape index (κ1) is 11.7. The molecule has 3 heteroatoms. The van der Waals surface area contributed by atoms with Gasteiger partial charge in [0, 0.05) is 6.04 Å². The molecule has 0 saturated heterocycles. The van der Waals surface area contributed by atoms with Gasteiger partial charge in [-0.2, -0.15) is 0 Å². The molecule has 1 heterocycles. The normalized spacial score (nSPS) is 16.8. The van der Waals surface area contributed by atoms with Crippen molar-refractivity contribution in [1.82, 2.24) is 10.2 Å². The molecule has 0 bridgehead atoms. The molecule has 1 aliphatic carbocycles. The van der Waals surface area contributed by atoms with E-state index in [2.05, 4.69) is 30.3 Å². The number of nitrogens with zero attached hydrogens (tertiary/aromatic N) is 1. The maximum atomic E-state index is 5.84. The molecule has 0 radical (unpaired) electrons. The van der Waals surface area contributed by atoms with E-state index in [1.54, 1.807) is 0 Å². The minimum Gasteiger partial charge on any atom is -0.463 e. The maximum absolute atomic E-state index is 5.84. The van der Waals surface area contributed by atoms with Crippen LogP contribution < -0.4 is 5.32 Å². The summed E-state index contributed by atoms with van der Waals surface area (Å²) in [6.45, 7) is 3.87. The zero-order valence-electron chi connectivity index (χ0n) is 10.5. The zero-order chi connectivity index (χ0) is 11.5. The van der Waals surface area contributed by atoms with Gasteiger partial charge in [-0.1, -0.05) is 6.42 Å². The van der Waals surface area contributed by atoms with Crippen LogP contribution in [0, 0.1) is 6.92 Å². The number of hydrogen-bond acceptors (Lipinski definition) is 3. The zero-order valence-corrected chi connectivity index (χ0v) is 10.5. The molecule has 0 amide bonds. The molecule has 3 nitrogen and oxygen atoms in total. The fraction of sp³-hybridized carbons (Fsp3) is 0.692. The van der Waals surface area contributed by atoms with Crippen molar-refractivity contribution < 1.29 is 4.42 Å². The van der Waals surface area contributed by atoms with Crippen molar-refractivity contribution in [3.63, 3.8) is 0 Å². The van der Waals surface area contributed by atoms with Crippen LogP contribution in [0.2, 0.25) is 0 Å². The van der Waals surface area contributed by atoms with Gasteiger partial charge in [0.25, 0.3) is 0 Å². The van der Waals surface area contributed by atoms with E-state index in [0.29, 0.717) is 0 Å². The van der Waals surface area contributed by atoms with Gasteiger partial charge in [0.15, 0.2) is 0 Å². The minimum atomic E-state index is 0.776. The van der Waals surface area contributed by atoms with Gasteiger partial charge in [0.1, 0.15) is 11.5 Å². The molecule has 1 N–H and O–H groups in total. The number of nitrogens with one attached hydrogen (secondary N) is 1. The molecular weight excluding hydrogens is 200 g/mol. The number of aryl methyl sites for hydroxylation is 1. The summed E-state index contributed by atoms with van der Waals surface area (Å²) in [5, 5.41) is 3.13. The predicted molar refractivity (Wildman–Crippen MR) is 65.3 cm³/mol. The van der Waals surface area contributed by atoms with Crippen LogP contribution in [0.4, 0.5) is 0 Å². The lowest BCUT2D eigenvalue weighted by Gasteiger charge is -2.34. The van der Waals surface area contributed by atoms with E-state index in [9.17, 15) is 0 Å². The molecule has 16 heavy (non-hydrogen) atoms. The van der Waals surface area contributed by atoms with Crippen molar-refractivity contribution in [3.05, 3.63) is 23.2 Å². The Morgan fingerprint density at radius 3 is 2.81 bits per heavy atom. The number of rotatable bonds is 5. The Labute approximate surface area is 97.8 Å². The molecule has 1 aromatic rings. The second kappa shape index (κ2) is 5.02. The van der Waals surface area contributed by atoms with Crippen molar-refractivity contribution in [2.24, 2.45) is 0 Å². The molecule has 1 fully saturated rings. The second-order valence-corrected chi connectivity index (χ2v) is 4.85. The Kier molecular flexibility index (Phi) is 3.66. The lowest BCUT2D eigenvalue weighted by Crippen LogP contribution is -2.36. The van der Waals surface area contributed by atoms with Crippen LogP contribution in [0.25, 0.3) is 0 Å². The molecule has 0 unspecified atom stereocenters. The molecule has 1 saturated carbocycles. The topological polar surface area (TPSA) is 28.4 Å². The lowest BCUT2D eigenvalue weighted by atomic mass is 9.92. The second-order valence-electron chi connectivity index (χ2n) is 4.85. The Balaban J connectivity index is 1.95. The van der Waals surface area contributed by atoms with Gasteiger partial charge in [0.2, 0.25) is 0 Å². The van der Waals surface area contributed by atoms with E-state index in [-0.39, 0.29) is 0 Å². The van der Waals surface area contributed by atoms with E-state index in [1.165, 1.54) is 24.8 Å². The number of hydrogen-bond donors (Lipinski definition) is 1. The minimum absolute atomic E-state index is 0.776. The molecule has 0 spiro atoms. The van der Waals surface area contributed by atoms with Gasteiger partial charge < -0.3 is 9.73 Å². The fourth-order valence-corrected chi connectivity index (χ4v) is 2.21. The molecule has 0 aliphatic heterocycles. The fourth-order valence-electron chi connectivity index (χ4n) is 2.21. The molecular formula is C13H22N2O. The van der Waals surface area contributed by atoms with E-state index < -0.39 is 0 Å². The van der Waals surface area contributed by atoms with Crippen LogP contribution in [0.15, 0.2) is 10.5 Å². The third-order valence-corrected chi connectivity index (χ3v) is 3.51. The highest BCUT2D eigenvalue weighted by Crippen LogP contribution is 2.25. The van der Waals surface area contributed by atoms with Gasteiger partial charge in [-0.15, -0.1) is 0 Å². The highest BCUT2D eigenvalue weighted by molar-refractivity contribution is 5.20. The Hall–Kier alpha value is -0.800. The summed E-state index contributed by atoms with van der Waals surface area (Å²) in [4.78, 5) is 2.41. The van der Waals surface area contributed by atoms with E-state index in [1.807, 2.05) is 7.05 Å². The first-order valence-corrected chi connectivity index (χ1v) is 6.13. The Morgan fingerprint density at radius 1 is 1.50 bits per heavy atom. The first-order valence-electron chi connectivity index (χ1n) is 6.13. The molecule has 0 aromatic carbocycles. The summed E-state index contributed by atoms with van der Waals surface area (Å²) in [5.41, 5.74) is 1.26. The monoisotopic (exact) mass is 222 g/mol.